The van der Waals surface area contributed by atoms with E-state index in [1.54, 1.807) is 0 Å². The van der Waals surface area contributed by atoms with Crippen molar-refractivity contribution in [3.63, 3.8) is 0 Å². The number of rotatable bonds is 11. The third-order valence-corrected chi connectivity index (χ3v) is 23.0. The quantitative estimate of drug-likeness (QED) is 0.124. The van der Waals surface area contributed by atoms with E-state index in [9.17, 15) is 25.9 Å². The van der Waals surface area contributed by atoms with E-state index in [2.05, 4.69) is 0 Å². The van der Waals surface area contributed by atoms with Crippen LogP contribution in [0, 0.1) is 0 Å². The van der Waals surface area contributed by atoms with E-state index in [0.717, 1.165) is 28.2 Å². The van der Waals surface area contributed by atoms with E-state index in [1.165, 1.54) is 128 Å². The summed E-state index contributed by atoms with van der Waals surface area (Å²) in [5.74, 6) is -0.206. The van der Waals surface area contributed by atoms with Crippen LogP contribution in [0.4, 0.5) is 0 Å². The van der Waals surface area contributed by atoms with Crippen LogP contribution in [0.5, 0.6) is 0 Å². The Labute approximate surface area is 308 Å². The predicted octanol–water partition coefficient (Wildman–Crippen LogP) is 9.59. The third-order valence-electron chi connectivity index (χ3n) is 10.8. The molecule has 1 aromatic rings. The van der Waals surface area contributed by atoms with Gasteiger partial charge in [0.05, 0.1) is 66.7 Å². The molecule has 0 saturated heterocycles. The topological polar surface area (TPSA) is 114 Å². The van der Waals surface area contributed by atoms with Gasteiger partial charge < -0.3 is 9.11 Å². The van der Waals surface area contributed by atoms with Crippen molar-refractivity contribution in [1.82, 2.24) is 0 Å². The third kappa shape index (κ3) is 18.6. The SMILES string of the molecule is O=S(=O)([O-])CC[PH+](C1CCCCC1)C1CCCCC1.O=S(=O)([O-])CC[PH+](C1CCCCC1)C1CCCCC1.[Cl][Ru]([Cl])=[CH]c1ccccc1. The molecule has 13 heteroatoms. The van der Waals surface area contributed by atoms with Gasteiger partial charge in [-0.05, 0) is 103 Å². The van der Waals surface area contributed by atoms with Crippen molar-refractivity contribution in [3.8, 4) is 0 Å². The fourth-order valence-corrected chi connectivity index (χ4v) is 21.8. The van der Waals surface area contributed by atoms with Gasteiger partial charge in [-0.3, -0.25) is 0 Å². The Kier molecular flexibility index (Phi) is 21.3. The molecule has 0 N–H and O–H groups in total. The van der Waals surface area contributed by atoms with E-state index in [-0.39, 0.29) is 11.5 Å². The standard InChI is InChI=1S/2C14H27O3PS.C7H6.2ClH.Ru/c2*15-19(16,17)12-11-18(13-7-3-1-4-8-13)14-9-5-2-6-10-14;1-7-5-3-2-4-6-7;;;/h2*13-14H,1-12H2,(H,15,16,17);1-6H;2*1H;/q;;;;;+2/p-2. The van der Waals surface area contributed by atoms with Crippen LogP contribution in [0.15, 0.2) is 30.3 Å². The Morgan fingerprint density at radius 2 is 0.854 bits per heavy atom. The molecule has 0 bridgehead atoms. The fourth-order valence-electron chi connectivity index (χ4n) is 8.47. The molecule has 0 radical (unpaired) electrons. The second-order valence-corrected chi connectivity index (χ2v) is 29.6. The molecule has 0 spiro atoms. The molecule has 0 aromatic heterocycles. The van der Waals surface area contributed by atoms with E-state index in [0.29, 0.717) is 12.3 Å². The van der Waals surface area contributed by atoms with Gasteiger partial charge in [0.2, 0.25) is 0 Å². The van der Waals surface area contributed by atoms with Gasteiger partial charge >= 0.3 is 73.4 Å². The molecule has 280 valence electrons. The van der Waals surface area contributed by atoms with Crippen LogP contribution in [-0.2, 0) is 33.8 Å². The van der Waals surface area contributed by atoms with Gasteiger partial charge in [-0.1, -0.05) is 25.7 Å². The molecular weight excluding hydrogens is 814 g/mol. The molecular formula is C35H60Cl2O6P2RuS2. The van der Waals surface area contributed by atoms with Gasteiger partial charge in [0, 0.05) is 15.8 Å². The molecule has 0 atom stereocenters. The molecule has 48 heavy (non-hydrogen) atoms. The molecule has 1 aromatic carbocycles. The van der Waals surface area contributed by atoms with Crippen molar-refractivity contribution >= 4 is 60.1 Å². The molecule has 0 amide bonds. The van der Waals surface area contributed by atoms with Gasteiger partial charge in [-0.2, -0.15) is 0 Å². The van der Waals surface area contributed by atoms with Crippen molar-refractivity contribution in [1.29, 1.82) is 0 Å². The molecule has 5 rings (SSSR count). The van der Waals surface area contributed by atoms with Crippen molar-refractivity contribution in [3.05, 3.63) is 35.9 Å². The van der Waals surface area contributed by atoms with E-state index < -0.39 is 49.6 Å². The molecule has 0 aliphatic heterocycles. The van der Waals surface area contributed by atoms with Crippen LogP contribution >= 0.6 is 35.2 Å². The van der Waals surface area contributed by atoms with Crippen LogP contribution in [-0.4, -0.2) is 77.0 Å². The maximum atomic E-state index is 11.0. The van der Waals surface area contributed by atoms with Gasteiger partial charge in [-0.15, -0.1) is 0 Å². The Balaban J connectivity index is 0.000000205. The zero-order valence-electron chi connectivity index (χ0n) is 28.6. The summed E-state index contributed by atoms with van der Waals surface area (Å²) in [7, 11) is 1.97. The first-order chi connectivity index (χ1) is 22.9. The van der Waals surface area contributed by atoms with Gasteiger partial charge in [0.1, 0.15) is 0 Å². The molecule has 4 aliphatic carbocycles. The Morgan fingerprint density at radius 1 is 0.562 bits per heavy atom. The summed E-state index contributed by atoms with van der Waals surface area (Å²) in [6.07, 6.45) is 27.7. The minimum atomic E-state index is -4.02. The first-order valence-electron chi connectivity index (χ1n) is 18.4. The average molecular weight is 875 g/mol. The summed E-state index contributed by atoms with van der Waals surface area (Å²) in [6.45, 7) is 0. The first-order valence-corrected chi connectivity index (χ1v) is 30.7. The number of hydrogen-bond donors (Lipinski definition) is 0. The predicted molar refractivity (Wildman–Crippen MR) is 206 cm³/mol. The first kappa shape index (κ1) is 43.4. The van der Waals surface area contributed by atoms with E-state index in [1.807, 2.05) is 34.9 Å². The van der Waals surface area contributed by atoms with Gasteiger partial charge in [0.15, 0.2) is 0 Å². The van der Waals surface area contributed by atoms with Crippen LogP contribution in [0.3, 0.4) is 0 Å². The second kappa shape index (κ2) is 23.6. The molecule has 4 fully saturated rings. The van der Waals surface area contributed by atoms with Crippen LogP contribution < -0.4 is 0 Å². The Bertz CT molecular complexity index is 1150. The molecule has 0 heterocycles. The summed E-state index contributed by atoms with van der Waals surface area (Å²) in [5.41, 5.74) is 4.24. The number of halogens is 2. The van der Waals surface area contributed by atoms with Crippen molar-refractivity contribution in [2.45, 2.75) is 151 Å². The zero-order valence-corrected chi connectivity index (χ0v) is 35.5. The minimum absolute atomic E-state index is 0.103. The Hall–Kier alpha value is 0.973. The van der Waals surface area contributed by atoms with Crippen molar-refractivity contribution in [2.24, 2.45) is 0 Å². The molecule has 4 saturated carbocycles. The number of hydrogen-bond acceptors (Lipinski definition) is 6. The summed E-state index contributed by atoms with van der Waals surface area (Å²) in [6, 6.07) is 9.89. The normalized spacial score (nSPS) is 21.2. The average Bonchev–Trinajstić information content (AvgIpc) is 3.07. The van der Waals surface area contributed by atoms with Gasteiger partial charge in [0.25, 0.3) is 0 Å². The van der Waals surface area contributed by atoms with Crippen LogP contribution in [0.1, 0.15) is 134 Å². The van der Waals surface area contributed by atoms with Crippen LogP contribution in [0.25, 0.3) is 0 Å². The fraction of sp³-hybridized carbons (Fsp3) is 0.800. The van der Waals surface area contributed by atoms with Crippen LogP contribution in [0.2, 0.25) is 0 Å². The molecule has 0 unspecified atom stereocenters. The van der Waals surface area contributed by atoms with Crippen molar-refractivity contribution in [2.75, 3.05) is 23.8 Å². The van der Waals surface area contributed by atoms with Gasteiger partial charge in [-0.25, -0.2) is 16.8 Å². The van der Waals surface area contributed by atoms with Crippen molar-refractivity contribution < 1.29 is 39.5 Å². The molecule has 4 aliphatic rings. The monoisotopic (exact) mass is 874 g/mol. The summed E-state index contributed by atoms with van der Waals surface area (Å²) < 4.78 is 67.7. The maximum absolute atomic E-state index is 11.0. The summed E-state index contributed by atoms with van der Waals surface area (Å²) in [4.78, 5) is 0. The second-order valence-electron chi connectivity index (χ2n) is 14.2. The Morgan fingerprint density at radius 3 is 1.10 bits per heavy atom. The molecule has 6 nitrogen and oxygen atoms in total. The van der Waals surface area contributed by atoms with E-state index >= 15 is 0 Å². The zero-order chi connectivity index (χ0) is 34.8. The number of benzene rings is 1. The summed E-state index contributed by atoms with van der Waals surface area (Å²) >= 11 is -1.61. The van der Waals surface area contributed by atoms with E-state index in [4.69, 9.17) is 19.4 Å². The summed E-state index contributed by atoms with van der Waals surface area (Å²) in [5, 5.41) is 0.